The number of carbonyl (C=O) groups excluding carboxylic acids is 1. The van der Waals surface area contributed by atoms with Gasteiger partial charge in [-0.05, 0) is 54.6 Å². The fraction of sp³-hybridized carbons (Fsp3) is 0.400. The molecule has 0 aliphatic heterocycles. The normalized spacial score (nSPS) is 19.6. The first-order chi connectivity index (χ1) is 13.6. The fourth-order valence-electron chi connectivity index (χ4n) is 3.56. The molecule has 0 unspecified atom stereocenters. The summed E-state index contributed by atoms with van der Waals surface area (Å²) in [4.78, 5) is 21.1. The number of nitrogens with one attached hydrogen (secondary N) is 1. The highest BCUT2D eigenvalue weighted by Gasteiger charge is 2.23. The highest BCUT2D eigenvalue weighted by atomic mass is 32.2. The first-order valence-electron chi connectivity index (χ1n) is 9.40. The Balaban J connectivity index is 1.47. The van der Waals surface area contributed by atoms with Crippen LogP contribution in [-0.4, -0.2) is 32.0 Å². The standard InChI is InChI=1S/C20H21FN4OS2/c1-12-4-2-3-5-15(12)24-16(26)10-27-20-19-18(22-11-23-20)17(25-28-19)13-6-8-14(21)9-7-13/h6-9,11-12,15H,2-5,10H2,1H3,(H,24,26)/t12-,15-/m0/s1. The van der Waals surface area contributed by atoms with Gasteiger partial charge in [0.2, 0.25) is 5.91 Å². The number of thioether (sulfide) groups is 1. The van der Waals surface area contributed by atoms with Crippen LogP contribution in [0.3, 0.4) is 0 Å². The molecule has 4 rings (SSSR count). The molecule has 1 aromatic carbocycles. The van der Waals surface area contributed by atoms with E-state index in [1.54, 1.807) is 12.1 Å². The summed E-state index contributed by atoms with van der Waals surface area (Å²) in [6.07, 6.45) is 6.17. The van der Waals surface area contributed by atoms with Crippen molar-refractivity contribution in [1.29, 1.82) is 0 Å². The van der Waals surface area contributed by atoms with E-state index in [0.29, 0.717) is 17.4 Å². The van der Waals surface area contributed by atoms with Crippen molar-refractivity contribution in [3.05, 3.63) is 36.4 Å². The van der Waals surface area contributed by atoms with E-state index in [1.165, 1.54) is 61.0 Å². The summed E-state index contributed by atoms with van der Waals surface area (Å²) in [5.74, 6) is 0.610. The van der Waals surface area contributed by atoms with Crippen molar-refractivity contribution in [1.82, 2.24) is 19.7 Å². The third-order valence-electron chi connectivity index (χ3n) is 5.14. The minimum absolute atomic E-state index is 0.0405. The molecule has 0 bridgehead atoms. The molecule has 2 heterocycles. The number of rotatable bonds is 5. The Morgan fingerprint density at radius 3 is 2.82 bits per heavy atom. The summed E-state index contributed by atoms with van der Waals surface area (Å²) in [5, 5.41) is 3.92. The minimum Gasteiger partial charge on any atom is -0.352 e. The van der Waals surface area contributed by atoms with Crippen LogP contribution in [0.2, 0.25) is 0 Å². The maximum absolute atomic E-state index is 13.2. The van der Waals surface area contributed by atoms with E-state index < -0.39 is 0 Å². The molecule has 1 amide bonds. The van der Waals surface area contributed by atoms with Crippen molar-refractivity contribution < 1.29 is 9.18 Å². The van der Waals surface area contributed by atoms with Crippen molar-refractivity contribution in [2.45, 2.75) is 43.7 Å². The lowest BCUT2D eigenvalue weighted by atomic mass is 9.86. The zero-order valence-corrected chi connectivity index (χ0v) is 17.2. The molecular weight excluding hydrogens is 395 g/mol. The molecule has 1 aliphatic carbocycles. The Bertz CT molecular complexity index is 976. The van der Waals surface area contributed by atoms with Gasteiger partial charge < -0.3 is 5.32 Å². The zero-order chi connectivity index (χ0) is 19.5. The lowest BCUT2D eigenvalue weighted by Gasteiger charge is -2.29. The van der Waals surface area contributed by atoms with Gasteiger partial charge in [-0.3, -0.25) is 4.79 Å². The number of amides is 1. The van der Waals surface area contributed by atoms with Gasteiger partial charge in [0.1, 0.15) is 33.1 Å². The van der Waals surface area contributed by atoms with Crippen molar-refractivity contribution in [3.8, 4) is 11.3 Å². The van der Waals surface area contributed by atoms with Gasteiger partial charge in [-0.15, -0.1) is 0 Å². The van der Waals surface area contributed by atoms with Gasteiger partial charge >= 0.3 is 0 Å². The summed E-state index contributed by atoms with van der Waals surface area (Å²) in [6, 6.07) is 6.48. The summed E-state index contributed by atoms with van der Waals surface area (Å²) in [6.45, 7) is 2.21. The number of nitrogens with zero attached hydrogens (tertiary/aromatic N) is 3. The molecule has 28 heavy (non-hydrogen) atoms. The van der Waals surface area contributed by atoms with Crippen molar-refractivity contribution in [2.75, 3.05) is 5.75 Å². The first kappa shape index (κ1) is 19.3. The molecule has 0 saturated heterocycles. The zero-order valence-electron chi connectivity index (χ0n) is 15.5. The molecule has 3 aromatic rings. The molecule has 2 aromatic heterocycles. The predicted molar refractivity (Wildman–Crippen MR) is 111 cm³/mol. The molecule has 2 atom stereocenters. The van der Waals surface area contributed by atoms with Crippen LogP contribution in [0, 0.1) is 11.7 Å². The third-order valence-corrected chi connectivity index (χ3v) is 7.10. The number of benzene rings is 1. The van der Waals surface area contributed by atoms with Gasteiger partial charge in [0.05, 0.1) is 5.75 Å². The van der Waals surface area contributed by atoms with Crippen molar-refractivity contribution in [3.63, 3.8) is 0 Å². The summed E-state index contributed by atoms with van der Waals surface area (Å²) < 4.78 is 18.5. The SMILES string of the molecule is C[C@H]1CCCC[C@@H]1NC(=O)CSc1ncnc2c(-c3ccc(F)cc3)nsc12. The number of carbonyl (C=O) groups is 1. The van der Waals surface area contributed by atoms with Gasteiger partial charge in [0.15, 0.2) is 0 Å². The van der Waals surface area contributed by atoms with Crippen LogP contribution in [0.1, 0.15) is 32.6 Å². The lowest BCUT2D eigenvalue weighted by molar-refractivity contribution is -0.119. The van der Waals surface area contributed by atoms with E-state index in [9.17, 15) is 9.18 Å². The van der Waals surface area contributed by atoms with Crippen LogP contribution in [0.25, 0.3) is 21.5 Å². The Morgan fingerprint density at radius 2 is 2.04 bits per heavy atom. The van der Waals surface area contributed by atoms with Gasteiger partial charge in [-0.25, -0.2) is 14.4 Å². The Hall–Kier alpha value is -2.06. The number of hydrogen-bond donors (Lipinski definition) is 1. The largest absolute Gasteiger partial charge is 0.352 e. The third kappa shape index (κ3) is 4.17. The topological polar surface area (TPSA) is 67.8 Å². The molecular formula is C20H21FN4OS2. The summed E-state index contributed by atoms with van der Waals surface area (Å²) in [7, 11) is 0. The molecule has 1 saturated carbocycles. The molecule has 0 spiro atoms. The van der Waals surface area contributed by atoms with E-state index in [1.807, 2.05) is 0 Å². The molecule has 1 N–H and O–H groups in total. The Labute approximate surface area is 171 Å². The fourth-order valence-corrected chi connectivity index (χ4v) is 5.29. The molecule has 1 fully saturated rings. The van der Waals surface area contributed by atoms with Crippen molar-refractivity contribution >= 4 is 39.4 Å². The van der Waals surface area contributed by atoms with Gasteiger partial charge in [0, 0.05) is 11.6 Å². The van der Waals surface area contributed by atoms with Gasteiger partial charge in [0.25, 0.3) is 0 Å². The van der Waals surface area contributed by atoms with E-state index in [4.69, 9.17) is 0 Å². The molecule has 5 nitrogen and oxygen atoms in total. The summed E-state index contributed by atoms with van der Waals surface area (Å²) >= 11 is 2.71. The van der Waals surface area contributed by atoms with Crippen LogP contribution in [0.5, 0.6) is 0 Å². The van der Waals surface area contributed by atoms with Crippen molar-refractivity contribution in [2.24, 2.45) is 5.92 Å². The van der Waals surface area contributed by atoms with Crippen LogP contribution in [0.15, 0.2) is 35.6 Å². The van der Waals surface area contributed by atoms with Gasteiger partial charge in [-0.1, -0.05) is 31.5 Å². The average Bonchev–Trinajstić information content (AvgIpc) is 3.13. The second-order valence-corrected chi connectivity index (χ2v) is 8.86. The van der Waals surface area contributed by atoms with E-state index >= 15 is 0 Å². The van der Waals surface area contributed by atoms with E-state index in [-0.39, 0.29) is 17.8 Å². The van der Waals surface area contributed by atoms with Gasteiger partial charge in [-0.2, -0.15) is 4.37 Å². The summed E-state index contributed by atoms with van der Waals surface area (Å²) in [5.41, 5.74) is 2.26. The minimum atomic E-state index is -0.285. The molecule has 1 aliphatic rings. The predicted octanol–water partition coefficient (Wildman–Crippen LogP) is 4.68. The van der Waals surface area contributed by atoms with Crippen LogP contribution >= 0.6 is 23.3 Å². The second kappa shape index (κ2) is 8.53. The molecule has 146 valence electrons. The van der Waals surface area contributed by atoms with E-state index in [2.05, 4.69) is 26.6 Å². The lowest BCUT2D eigenvalue weighted by Crippen LogP contribution is -2.41. The Kier molecular flexibility index (Phi) is 5.87. The maximum Gasteiger partial charge on any atom is 0.230 e. The number of hydrogen-bond acceptors (Lipinski definition) is 6. The second-order valence-electron chi connectivity index (χ2n) is 7.12. The maximum atomic E-state index is 13.2. The average molecular weight is 417 g/mol. The smallest absolute Gasteiger partial charge is 0.230 e. The molecule has 8 heteroatoms. The number of aromatic nitrogens is 3. The quantitative estimate of drug-likeness (QED) is 0.483. The number of halogens is 1. The van der Waals surface area contributed by atoms with Crippen LogP contribution in [-0.2, 0) is 4.79 Å². The highest BCUT2D eigenvalue weighted by molar-refractivity contribution is 8.00. The number of fused-ring (bicyclic) bond motifs is 1. The van der Waals surface area contributed by atoms with Crippen LogP contribution in [0.4, 0.5) is 4.39 Å². The monoisotopic (exact) mass is 416 g/mol. The van der Waals surface area contributed by atoms with E-state index in [0.717, 1.165) is 27.2 Å². The molecule has 0 radical (unpaired) electrons. The highest BCUT2D eigenvalue weighted by Crippen LogP contribution is 2.34. The first-order valence-corrected chi connectivity index (χ1v) is 11.2. The Morgan fingerprint density at radius 1 is 1.25 bits per heavy atom. The van der Waals surface area contributed by atoms with Crippen LogP contribution < -0.4 is 5.32 Å².